The van der Waals surface area contributed by atoms with E-state index in [4.69, 9.17) is 10.3 Å². The summed E-state index contributed by atoms with van der Waals surface area (Å²) in [4.78, 5) is 9.51. The highest BCUT2D eigenvalue weighted by Gasteiger charge is 2.29. The number of nitrogens with one attached hydrogen (secondary N) is 1. The standard InChI is InChI=1S/C19H20FN5S/c1-24-7-4-15(5-8-24)25-12-22-18(16-6-9-26-19(16)25)23-14-2-3-17(20)13(10-14)11-21/h2-3,6,9-10,15H,4-5,7-8,12H2,1H3,(H,22,23). The van der Waals surface area contributed by atoms with Gasteiger partial charge in [0, 0.05) is 11.7 Å². The Morgan fingerprint density at radius 1 is 1.31 bits per heavy atom. The largest absolute Gasteiger partial charge is 0.340 e. The van der Waals surface area contributed by atoms with Gasteiger partial charge in [0.05, 0.1) is 11.1 Å². The zero-order valence-electron chi connectivity index (χ0n) is 14.6. The first-order valence-corrected chi connectivity index (χ1v) is 9.58. The van der Waals surface area contributed by atoms with E-state index in [0.717, 1.165) is 37.3 Å². The van der Waals surface area contributed by atoms with Crippen molar-refractivity contribution in [3.05, 3.63) is 46.6 Å². The predicted molar refractivity (Wildman–Crippen MR) is 103 cm³/mol. The van der Waals surface area contributed by atoms with Crippen molar-refractivity contribution in [1.29, 1.82) is 5.26 Å². The summed E-state index contributed by atoms with van der Waals surface area (Å²) in [5.74, 6) is 0.272. The number of amidine groups is 1. The summed E-state index contributed by atoms with van der Waals surface area (Å²) in [6.45, 7) is 2.85. The van der Waals surface area contributed by atoms with E-state index >= 15 is 0 Å². The van der Waals surface area contributed by atoms with Crippen molar-refractivity contribution in [1.82, 2.24) is 4.90 Å². The number of benzene rings is 1. The van der Waals surface area contributed by atoms with E-state index in [9.17, 15) is 4.39 Å². The molecule has 0 atom stereocenters. The van der Waals surface area contributed by atoms with Crippen molar-refractivity contribution in [2.45, 2.75) is 18.9 Å². The molecular weight excluding hydrogens is 349 g/mol. The fraction of sp³-hybridized carbons (Fsp3) is 0.368. The highest BCUT2D eigenvalue weighted by Crippen LogP contribution is 2.35. The quantitative estimate of drug-likeness (QED) is 0.880. The van der Waals surface area contributed by atoms with Gasteiger partial charge < -0.3 is 15.1 Å². The molecule has 0 amide bonds. The summed E-state index contributed by atoms with van der Waals surface area (Å²) in [6.07, 6.45) is 2.30. The molecular formula is C19H20FN5S. The van der Waals surface area contributed by atoms with Crippen molar-refractivity contribution in [3.8, 4) is 6.07 Å². The molecule has 0 unspecified atom stereocenters. The van der Waals surface area contributed by atoms with Crippen LogP contribution in [0.4, 0.5) is 15.1 Å². The van der Waals surface area contributed by atoms with Gasteiger partial charge in [0.25, 0.3) is 0 Å². The summed E-state index contributed by atoms with van der Waals surface area (Å²) in [7, 11) is 2.17. The molecule has 134 valence electrons. The van der Waals surface area contributed by atoms with Gasteiger partial charge in [0.15, 0.2) is 0 Å². The highest BCUT2D eigenvalue weighted by molar-refractivity contribution is 7.14. The molecule has 3 heterocycles. The van der Waals surface area contributed by atoms with Crippen molar-refractivity contribution < 1.29 is 4.39 Å². The minimum Gasteiger partial charge on any atom is -0.340 e. The number of halogens is 1. The lowest BCUT2D eigenvalue weighted by Crippen LogP contribution is -2.45. The van der Waals surface area contributed by atoms with Crippen LogP contribution in [0.1, 0.15) is 24.0 Å². The summed E-state index contributed by atoms with van der Waals surface area (Å²) >= 11 is 1.73. The fourth-order valence-corrected chi connectivity index (χ4v) is 4.49. The number of hydrogen-bond acceptors (Lipinski definition) is 6. The van der Waals surface area contributed by atoms with E-state index in [1.54, 1.807) is 17.4 Å². The van der Waals surface area contributed by atoms with Gasteiger partial charge >= 0.3 is 0 Å². The molecule has 1 aromatic carbocycles. The Bertz CT molecular complexity index is 876. The monoisotopic (exact) mass is 369 g/mol. The van der Waals surface area contributed by atoms with Crippen LogP contribution in [-0.4, -0.2) is 43.6 Å². The summed E-state index contributed by atoms with van der Waals surface area (Å²) < 4.78 is 13.5. The number of thiophene rings is 1. The molecule has 4 rings (SSSR count). The maximum Gasteiger partial charge on any atom is 0.141 e. The van der Waals surface area contributed by atoms with E-state index in [2.05, 4.69) is 33.6 Å². The lowest BCUT2D eigenvalue weighted by molar-refractivity contribution is 0.250. The van der Waals surface area contributed by atoms with Crippen molar-refractivity contribution in [2.75, 3.05) is 37.0 Å². The average molecular weight is 369 g/mol. The molecule has 1 saturated heterocycles. The van der Waals surface area contributed by atoms with E-state index < -0.39 is 5.82 Å². The number of nitriles is 1. The van der Waals surface area contributed by atoms with Gasteiger partial charge in [-0.2, -0.15) is 5.26 Å². The molecule has 1 N–H and O–H groups in total. The molecule has 0 saturated carbocycles. The number of hydrogen-bond donors (Lipinski definition) is 1. The number of likely N-dealkylation sites (tertiary alicyclic amines) is 1. The number of rotatable bonds is 2. The van der Waals surface area contributed by atoms with E-state index in [-0.39, 0.29) is 5.56 Å². The Labute approximate surface area is 156 Å². The number of aliphatic imine (C=N–C) groups is 1. The molecule has 0 radical (unpaired) electrons. The Morgan fingerprint density at radius 3 is 2.88 bits per heavy atom. The first kappa shape index (κ1) is 17.0. The maximum absolute atomic E-state index is 13.5. The van der Waals surface area contributed by atoms with Gasteiger partial charge in [-0.3, -0.25) is 0 Å². The highest BCUT2D eigenvalue weighted by atomic mass is 32.1. The fourth-order valence-electron chi connectivity index (χ4n) is 3.52. The minimum absolute atomic E-state index is 0.0323. The smallest absolute Gasteiger partial charge is 0.141 e. The van der Waals surface area contributed by atoms with Crippen molar-refractivity contribution in [2.24, 2.45) is 4.99 Å². The number of anilines is 2. The zero-order valence-corrected chi connectivity index (χ0v) is 15.4. The number of piperidine rings is 1. The van der Waals surface area contributed by atoms with Gasteiger partial charge in [-0.05, 0) is 62.6 Å². The third-order valence-electron chi connectivity index (χ3n) is 5.02. The first-order chi connectivity index (χ1) is 12.7. The third-order valence-corrected chi connectivity index (χ3v) is 5.97. The van der Waals surface area contributed by atoms with Crippen LogP contribution in [0.3, 0.4) is 0 Å². The second kappa shape index (κ2) is 7.06. The minimum atomic E-state index is -0.506. The molecule has 0 aliphatic carbocycles. The normalized spacial score (nSPS) is 18.2. The van der Waals surface area contributed by atoms with E-state index in [1.165, 1.54) is 17.1 Å². The van der Waals surface area contributed by atoms with E-state index in [1.807, 2.05) is 6.07 Å². The second-order valence-corrected chi connectivity index (χ2v) is 7.62. The lowest BCUT2D eigenvalue weighted by atomic mass is 10.0. The van der Waals surface area contributed by atoms with Crippen LogP contribution in [0, 0.1) is 17.1 Å². The molecule has 1 aromatic heterocycles. The molecule has 26 heavy (non-hydrogen) atoms. The Kier molecular flexibility index (Phi) is 4.62. The SMILES string of the molecule is CN1CCC(N2CN=C(Nc3ccc(F)c(C#N)c3)c3ccsc32)CC1. The number of fused-ring (bicyclic) bond motifs is 1. The van der Waals surface area contributed by atoms with Crippen LogP contribution in [-0.2, 0) is 0 Å². The van der Waals surface area contributed by atoms with Crippen LogP contribution < -0.4 is 10.2 Å². The summed E-state index contributed by atoms with van der Waals surface area (Å²) in [5, 5.41) is 15.6. The summed E-state index contributed by atoms with van der Waals surface area (Å²) in [5.41, 5.74) is 1.78. The van der Waals surface area contributed by atoms with E-state index in [0.29, 0.717) is 18.4 Å². The molecule has 2 aliphatic heterocycles. The molecule has 2 aliphatic rings. The molecule has 1 fully saturated rings. The van der Waals surface area contributed by atoms with Crippen LogP contribution in [0.15, 0.2) is 34.6 Å². The lowest BCUT2D eigenvalue weighted by Gasteiger charge is -2.39. The van der Waals surface area contributed by atoms with Gasteiger partial charge in [-0.25, -0.2) is 9.38 Å². The van der Waals surface area contributed by atoms with Gasteiger partial charge in [0.2, 0.25) is 0 Å². The molecule has 0 bridgehead atoms. The van der Waals surface area contributed by atoms with Crippen LogP contribution in [0.2, 0.25) is 0 Å². The Hall–Kier alpha value is -2.43. The third kappa shape index (κ3) is 3.18. The van der Waals surface area contributed by atoms with Crippen molar-refractivity contribution in [3.63, 3.8) is 0 Å². The van der Waals surface area contributed by atoms with Crippen LogP contribution in [0.5, 0.6) is 0 Å². The topological polar surface area (TPSA) is 54.7 Å². The van der Waals surface area contributed by atoms with Crippen LogP contribution >= 0.6 is 11.3 Å². The Morgan fingerprint density at radius 2 is 2.12 bits per heavy atom. The van der Waals surface area contributed by atoms with Crippen molar-refractivity contribution >= 4 is 27.9 Å². The van der Waals surface area contributed by atoms with Gasteiger partial charge in [0.1, 0.15) is 29.4 Å². The predicted octanol–water partition coefficient (Wildman–Crippen LogP) is 3.49. The summed E-state index contributed by atoms with van der Waals surface area (Å²) in [6, 6.07) is 8.93. The maximum atomic E-state index is 13.5. The van der Waals surface area contributed by atoms with Crippen LogP contribution in [0.25, 0.3) is 0 Å². The van der Waals surface area contributed by atoms with Gasteiger partial charge in [-0.15, -0.1) is 11.3 Å². The Balaban J connectivity index is 1.56. The first-order valence-electron chi connectivity index (χ1n) is 8.70. The molecule has 5 nitrogen and oxygen atoms in total. The molecule has 7 heteroatoms. The zero-order chi connectivity index (χ0) is 18.1. The second-order valence-electron chi connectivity index (χ2n) is 6.72. The molecule has 2 aromatic rings. The average Bonchev–Trinajstić information content (AvgIpc) is 3.15. The molecule has 0 spiro atoms. The van der Waals surface area contributed by atoms with Gasteiger partial charge in [-0.1, -0.05) is 0 Å². The number of nitrogens with zero attached hydrogens (tertiary/aromatic N) is 4.